The highest BCUT2D eigenvalue weighted by Crippen LogP contribution is 2.29. The average Bonchev–Trinajstić information content (AvgIpc) is 2.54. The van der Waals surface area contributed by atoms with Crippen molar-refractivity contribution in [3.05, 3.63) is 0 Å². The van der Waals surface area contributed by atoms with Gasteiger partial charge in [0.25, 0.3) is 0 Å². The van der Waals surface area contributed by atoms with Crippen LogP contribution in [-0.2, 0) is 14.2 Å². The summed E-state index contributed by atoms with van der Waals surface area (Å²) in [7, 11) is 0. The van der Waals surface area contributed by atoms with Crippen LogP contribution < -0.4 is 0 Å². The third-order valence-corrected chi connectivity index (χ3v) is 4.30. The van der Waals surface area contributed by atoms with Gasteiger partial charge in [0.2, 0.25) is 0 Å². The Morgan fingerprint density at radius 2 is 1.10 bits per heavy atom. The second kappa shape index (κ2) is 11.4. The van der Waals surface area contributed by atoms with Gasteiger partial charge in [0.1, 0.15) is 0 Å². The minimum Gasteiger partial charge on any atom is -0.349 e. The highest BCUT2D eigenvalue weighted by atomic mass is 16.8. The maximum absolute atomic E-state index is 6.31. The topological polar surface area (TPSA) is 27.7 Å². The normalized spacial score (nSPS) is 14.1. The molecule has 0 bridgehead atoms. The van der Waals surface area contributed by atoms with E-state index in [1.54, 1.807) is 0 Å². The molecule has 1 atom stereocenters. The molecule has 0 aliphatic rings. The van der Waals surface area contributed by atoms with Crippen LogP contribution in [0.15, 0.2) is 0 Å². The highest BCUT2D eigenvalue weighted by molar-refractivity contribution is 4.70. The minimum absolute atomic E-state index is 0.177. The van der Waals surface area contributed by atoms with Crippen molar-refractivity contribution < 1.29 is 14.2 Å². The Labute approximate surface area is 132 Å². The molecule has 0 aromatic rings. The van der Waals surface area contributed by atoms with Gasteiger partial charge in [0.05, 0.1) is 12.2 Å². The summed E-state index contributed by atoms with van der Waals surface area (Å²) in [5.41, 5.74) is 0. The van der Waals surface area contributed by atoms with E-state index in [4.69, 9.17) is 14.2 Å². The molecule has 0 spiro atoms. The third-order valence-electron chi connectivity index (χ3n) is 4.30. The number of ether oxygens (including phenoxy) is 3. The van der Waals surface area contributed by atoms with Crippen LogP contribution in [0.1, 0.15) is 93.4 Å². The Bertz CT molecular complexity index is 231. The Morgan fingerprint density at radius 3 is 1.43 bits per heavy atom. The van der Waals surface area contributed by atoms with Crippen molar-refractivity contribution >= 4 is 0 Å². The van der Waals surface area contributed by atoms with E-state index >= 15 is 0 Å². The lowest BCUT2D eigenvalue weighted by Crippen LogP contribution is -2.43. The molecule has 3 nitrogen and oxygen atoms in total. The van der Waals surface area contributed by atoms with Crippen LogP contribution in [-0.4, -0.2) is 24.3 Å². The molecule has 0 aromatic carbocycles. The van der Waals surface area contributed by atoms with Gasteiger partial charge in [-0.25, -0.2) is 0 Å². The summed E-state index contributed by atoms with van der Waals surface area (Å²) in [6.07, 6.45) is 6.99. The van der Waals surface area contributed by atoms with Crippen LogP contribution in [0.5, 0.6) is 0 Å². The van der Waals surface area contributed by atoms with E-state index in [1.807, 2.05) is 0 Å². The van der Waals surface area contributed by atoms with Crippen LogP contribution in [0, 0.1) is 0 Å². The second-order valence-corrected chi connectivity index (χ2v) is 5.70. The molecule has 21 heavy (non-hydrogen) atoms. The zero-order valence-corrected chi connectivity index (χ0v) is 15.4. The lowest BCUT2D eigenvalue weighted by Gasteiger charge is -2.38. The van der Waals surface area contributed by atoms with Crippen molar-refractivity contribution in [2.45, 2.75) is 118 Å². The first-order chi connectivity index (χ1) is 10.0. The molecule has 0 heterocycles. The molecular formula is C18H38O3. The number of hydrogen-bond donors (Lipinski definition) is 0. The third kappa shape index (κ3) is 7.12. The second-order valence-electron chi connectivity index (χ2n) is 5.70. The molecule has 0 amide bonds. The molecule has 3 heteroatoms. The summed E-state index contributed by atoms with van der Waals surface area (Å²) in [5, 5.41) is 0. The lowest BCUT2D eigenvalue weighted by atomic mass is 10.1. The predicted octanol–water partition coefficient (Wildman–Crippen LogP) is 5.67. The first-order valence-corrected chi connectivity index (χ1v) is 9.05. The standard InChI is InChI=1S/C18H38O3/c1-8-15(9-2)19-17(12-5)21-18(13-6,14-7)20-16(10-3)11-4/h15-17H,8-14H2,1-7H3. The summed E-state index contributed by atoms with van der Waals surface area (Å²) < 4.78 is 18.7. The molecular weight excluding hydrogens is 264 g/mol. The molecule has 1 unspecified atom stereocenters. The van der Waals surface area contributed by atoms with Crippen molar-refractivity contribution in [3.8, 4) is 0 Å². The first-order valence-electron chi connectivity index (χ1n) is 9.05. The smallest absolute Gasteiger partial charge is 0.171 e. The van der Waals surface area contributed by atoms with E-state index < -0.39 is 5.79 Å². The molecule has 0 saturated carbocycles. The van der Waals surface area contributed by atoms with Gasteiger partial charge in [0.15, 0.2) is 12.1 Å². The average molecular weight is 302 g/mol. The molecule has 0 saturated heterocycles. The van der Waals surface area contributed by atoms with E-state index in [0.29, 0.717) is 0 Å². The zero-order valence-electron chi connectivity index (χ0n) is 15.4. The Kier molecular flexibility index (Phi) is 11.4. The fourth-order valence-corrected chi connectivity index (χ4v) is 2.51. The molecule has 0 N–H and O–H groups in total. The number of hydrogen-bond acceptors (Lipinski definition) is 3. The number of rotatable bonds is 13. The molecule has 0 aromatic heterocycles. The van der Waals surface area contributed by atoms with Crippen LogP contribution in [0.2, 0.25) is 0 Å². The van der Waals surface area contributed by atoms with Gasteiger partial charge in [-0.05, 0) is 44.9 Å². The summed E-state index contributed by atoms with van der Waals surface area (Å²) in [6.45, 7) is 15.0. The first kappa shape index (κ1) is 20.9. The Morgan fingerprint density at radius 1 is 0.619 bits per heavy atom. The molecule has 0 aliphatic carbocycles. The monoisotopic (exact) mass is 302 g/mol. The van der Waals surface area contributed by atoms with E-state index in [1.165, 1.54) is 0 Å². The zero-order chi connectivity index (χ0) is 16.3. The summed E-state index contributed by atoms with van der Waals surface area (Å²) >= 11 is 0. The maximum atomic E-state index is 6.31. The van der Waals surface area contributed by atoms with Gasteiger partial charge in [-0.2, -0.15) is 0 Å². The fourth-order valence-electron chi connectivity index (χ4n) is 2.51. The molecule has 0 fully saturated rings. The van der Waals surface area contributed by atoms with Gasteiger partial charge in [-0.1, -0.05) is 48.5 Å². The lowest BCUT2D eigenvalue weighted by molar-refractivity contribution is -0.333. The maximum Gasteiger partial charge on any atom is 0.171 e. The van der Waals surface area contributed by atoms with Gasteiger partial charge in [-0.3, -0.25) is 0 Å². The highest BCUT2D eigenvalue weighted by Gasteiger charge is 2.34. The van der Waals surface area contributed by atoms with Crippen molar-refractivity contribution in [1.29, 1.82) is 0 Å². The fraction of sp³-hybridized carbons (Fsp3) is 1.00. The van der Waals surface area contributed by atoms with E-state index in [-0.39, 0.29) is 18.5 Å². The van der Waals surface area contributed by atoms with E-state index in [2.05, 4.69) is 48.5 Å². The summed E-state index contributed by atoms with van der Waals surface area (Å²) in [5.74, 6) is -0.511. The van der Waals surface area contributed by atoms with Crippen molar-refractivity contribution in [2.75, 3.05) is 0 Å². The SMILES string of the molecule is CCC(CC)OC(CC)OC(CC)(CC)OC(CC)CC. The van der Waals surface area contributed by atoms with Crippen LogP contribution in [0.25, 0.3) is 0 Å². The van der Waals surface area contributed by atoms with Crippen LogP contribution in [0.4, 0.5) is 0 Å². The Balaban J connectivity index is 4.84. The predicted molar refractivity (Wildman–Crippen MR) is 89.4 cm³/mol. The molecule has 0 aliphatic heterocycles. The van der Waals surface area contributed by atoms with Gasteiger partial charge < -0.3 is 14.2 Å². The minimum atomic E-state index is -0.511. The quantitative estimate of drug-likeness (QED) is 0.410. The van der Waals surface area contributed by atoms with Crippen molar-refractivity contribution in [3.63, 3.8) is 0 Å². The largest absolute Gasteiger partial charge is 0.349 e. The van der Waals surface area contributed by atoms with Gasteiger partial charge in [-0.15, -0.1) is 0 Å². The van der Waals surface area contributed by atoms with Crippen molar-refractivity contribution in [1.82, 2.24) is 0 Å². The van der Waals surface area contributed by atoms with Gasteiger partial charge >= 0.3 is 0 Å². The van der Waals surface area contributed by atoms with Crippen LogP contribution >= 0.6 is 0 Å². The summed E-state index contributed by atoms with van der Waals surface area (Å²) in [4.78, 5) is 0. The molecule has 0 radical (unpaired) electrons. The van der Waals surface area contributed by atoms with Crippen LogP contribution in [0.3, 0.4) is 0 Å². The van der Waals surface area contributed by atoms with E-state index in [9.17, 15) is 0 Å². The van der Waals surface area contributed by atoms with Gasteiger partial charge in [0, 0.05) is 0 Å². The van der Waals surface area contributed by atoms with Crippen molar-refractivity contribution in [2.24, 2.45) is 0 Å². The molecule has 128 valence electrons. The Hall–Kier alpha value is -0.120. The summed E-state index contributed by atoms with van der Waals surface area (Å²) in [6, 6.07) is 0. The molecule has 0 rings (SSSR count). The van der Waals surface area contributed by atoms with E-state index in [0.717, 1.165) is 44.9 Å².